The van der Waals surface area contributed by atoms with Gasteiger partial charge >= 0.3 is 12.1 Å². The molecule has 0 fully saturated rings. The van der Waals surface area contributed by atoms with Crippen LogP contribution in [0.3, 0.4) is 0 Å². The fraction of sp³-hybridized carbons (Fsp3) is 0.333. The molecule has 1 heterocycles. The lowest BCUT2D eigenvalue weighted by molar-refractivity contribution is -0.394. The number of ether oxygens (including phenoxy) is 3. The molecule has 1 aromatic heterocycles. The number of nitro groups is 2. The van der Waals surface area contributed by atoms with Crippen molar-refractivity contribution in [2.75, 3.05) is 6.54 Å². The highest BCUT2D eigenvalue weighted by atomic mass is 16.6. The van der Waals surface area contributed by atoms with Crippen molar-refractivity contribution in [1.82, 2.24) is 30.8 Å². The number of non-ortho nitro benzene ring substituents is 1. The highest BCUT2D eigenvalue weighted by Gasteiger charge is 2.32. The minimum Gasteiger partial charge on any atom is -0.489 e. The Bertz CT molecular complexity index is 2540. The van der Waals surface area contributed by atoms with E-state index in [0.717, 1.165) is 23.3 Å². The van der Waals surface area contributed by atoms with Crippen molar-refractivity contribution in [2.24, 2.45) is 5.92 Å². The molecule has 4 amide bonds. The molecule has 0 bridgehead atoms. The number of rotatable bonds is 22. The summed E-state index contributed by atoms with van der Waals surface area (Å²) in [5.41, 5.74) is 0.488. The van der Waals surface area contributed by atoms with Crippen molar-refractivity contribution in [3.8, 4) is 11.4 Å². The summed E-state index contributed by atoms with van der Waals surface area (Å²) in [6.45, 7) is 8.23. The Balaban J connectivity index is 1.37. The molecule has 0 spiro atoms. The number of nitro benzene ring substituents is 2. The van der Waals surface area contributed by atoms with Crippen LogP contribution < -0.4 is 26.0 Å². The third-order valence-corrected chi connectivity index (χ3v) is 9.91. The number of esters is 1. The van der Waals surface area contributed by atoms with Crippen molar-refractivity contribution in [1.29, 1.82) is 0 Å². The van der Waals surface area contributed by atoms with Gasteiger partial charge in [0.05, 0.1) is 27.9 Å². The number of amides is 4. The summed E-state index contributed by atoms with van der Waals surface area (Å²) >= 11 is 0. The fourth-order valence-electron chi connectivity index (χ4n) is 6.69. The molecule has 0 unspecified atom stereocenters. The van der Waals surface area contributed by atoms with Gasteiger partial charge in [0.15, 0.2) is 0 Å². The van der Waals surface area contributed by atoms with E-state index in [1.165, 1.54) is 23.2 Å². The van der Waals surface area contributed by atoms with Gasteiger partial charge in [0.25, 0.3) is 11.4 Å². The van der Waals surface area contributed by atoms with E-state index in [0.29, 0.717) is 17.9 Å². The number of hydrogen-bond acceptors (Lipinski definition) is 13. The molecule has 4 N–H and O–H groups in total. The van der Waals surface area contributed by atoms with Crippen LogP contribution in [0.25, 0.3) is 5.69 Å². The molecule has 358 valence electrons. The highest BCUT2D eigenvalue weighted by molar-refractivity contribution is 5.94. The van der Waals surface area contributed by atoms with Gasteiger partial charge in [-0.25, -0.2) is 14.6 Å². The van der Waals surface area contributed by atoms with Crippen LogP contribution in [0.4, 0.5) is 16.2 Å². The molecule has 20 nitrogen and oxygen atoms in total. The quantitative estimate of drug-likeness (QED) is 0.0363. The Hall–Kier alpha value is -8.16. The predicted molar refractivity (Wildman–Crippen MR) is 247 cm³/mol. The van der Waals surface area contributed by atoms with Gasteiger partial charge in [-0.2, -0.15) is 0 Å². The lowest BCUT2D eigenvalue weighted by Crippen LogP contribution is -2.57. The normalized spacial score (nSPS) is 12.4. The summed E-state index contributed by atoms with van der Waals surface area (Å²) in [4.78, 5) is 93.9. The van der Waals surface area contributed by atoms with Crippen molar-refractivity contribution in [3.63, 3.8) is 0 Å². The van der Waals surface area contributed by atoms with Gasteiger partial charge in [-0.1, -0.05) is 86.6 Å². The Kier molecular flexibility index (Phi) is 17.8. The zero-order valence-electron chi connectivity index (χ0n) is 38.2. The average Bonchev–Trinajstić information content (AvgIpc) is 3.77. The van der Waals surface area contributed by atoms with Gasteiger partial charge in [-0.15, -0.1) is 0 Å². The molecule has 0 saturated heterocycles. The van der Waals surface area contributed by atoms with Gasteiger partial charge in [-0.3, -0.25) is 39.2 Å². The second-order valence-electron chi connectivity index (χ2n) is 17.1. The Morgan fingerprint density at radius 3 is 1.94 bits per heavy atom. The number of carbonyl (C=O) groups excluding carboxylic acids is 5. The number of aromatic nitrogens is 2. The molecule has 0 radical (unpaired) electrons. The fourth-order valence-corrected chi connectivity index (χ4v) is 6.69. The highest BCUT2D eigenvalue weighted by Crippen LogP contribution is 2.28. The maximum absolute atomic E-state index is 14.3. The molecule has 0 aliphatic rings. The smallest absolute Gasteiger partial charge is 0.408 e. The Morgan fingerprint density at radius 1 is 0.721 bits per heavy atom. The Labute approximate surface area is 392 Å². The largest absolute Gasteiger partial charge is 0.489 e. The minimum atomic E-state index is -1.45. The summed E-state index contributed by atoms with van der Waals surface area (Å²) in [7, 11) is 0. The van der Waals surface area contributed by atoms with Crippen LogP contribution >= 0.6 is 0 Å². The molecular weight excluding hydrogens is 881 g/mol. The van der Waals surface area contributed by atoms with Crippen molar-refractivity contribution in [2.45, 2.75) is 90.8 Å². The first kappa shape index (κ1) is 50.8. The Morgan fingerprint density at radius 2 is 1.34 bits per heavy atom. The van der Waals surface area contributed by atoms with Gasteiger partial charge < -0.3 is 35.5 Å². The molecule has 3 atom stereocenters. The topological polar surface area (TPSA) is 265 Å². The third-order valence-electron chi connectivity index (χ3n) is 9.91. The molecule has 4 aromatic carbocycles. The van der Waals surface area contributed by atoms with E-state index in [1.54, 1.807) is 69.3 Å². The molecule has 0 aliphatic heterocycles. The van der Waals surface area contributed by atoms with E-state index in [-0.39, 0.29) is 43.2 Å². The van der Waals surface area contributed by atoms with Crippen LogP contribution in [0.15, 0.2) is 116 Å². The number of hydrogen-bond donors (Lipinski definition) is 4. The first-order valence-electron chi connectivity index (χ1n) is 21.6. The van der Waals surface area contributed by atoms with Gasteiger partial charge in [0, 0.05) is 25.1 Å². The zero-order chi connectivity index (χ0) is 49.4. The summed E-state index contributed by atoms with van der Waals surface area (Å²) in [5.74, 6) is -2.69. The number of nitrogens with zero attached hydrogens (tertiary/aromatic N) is 4. The van der Waals surface area contributed by atoms with Crippen molar-refractivity contribution < 1.29 is 48.0 Å². The summed E-state index contributed by atoms with van der Waals surface area (Å²) in [6.07, 6.45) is 1.42. The van der Waals surface area contributed by atoms with E-state index >= 15 is 0 Å². The van der Waals surface area contributed by atoms with Crippen LogP contribution in [-0.4, -0.2) is 79.5 Å². The first-order chi connectivity index (χ1) is 32.3. The molecule has 20 heteroatoms. The van der Waals surface area contributed by atoms with E-state index in [2.05, 4.69) is 26.3 Å². The third kappa shape index (κ3) is 16.1. The molecule has 5 rings (SSSR count). The number of benzene rings is 4. The number of carbonyl (C=O) groups is 5. The van der Waals surface area contributed by atoms with E-state index in [1.807, 2.05) is 50.2 Å². The second kappa shape index (κ2) is 23.9. The van der Waals surface area contributed by atoms with Crippen molar-refractivity contribution >= 4 is 41.2 Å². The lowest BCUT2D eigenvalue weighted by Gasteiger charge is -2.26. The van der Waals surface area contributed by atoms with Gasteiger partial charge in [0.1, 0.15) is 54.9 Å². The van der Waals surface area contributed by atoms with Crippen molar-refractivity contribution in [3.05, 3.63) is 158 Å². The monoisotopic (exact) mass is 934 g/mol. The molecule has 0 aliphatic carbocycles. The number of nitrogens with one attached hydrogen (secondary N) is 4. The van der Waals surface area contributed by atoms with Gasteiger partial charge in [-0.05, 0) is 68.0 Å². The maximum Gasteiger partial charge on any atom is 0.408 e. The summed E-state index contributed by atoms with van der Waals surface area (Å²) in [5, 5.41) is 33.6. The number of alkyl carbamates (subject to hydrolysis) is 1. The van der Waals surface area contributed by atoms with E-state index < -0.39 is 81.3 Å². The maximum atomic E-state index is 14.3. The van der Waals surface area contributed by atoms with Crippen LogP contribution in [0.2, 0.25) is 0 Å². The molecule has 0 saturated carbocycles. The molecule has 5 aromatic rings. The molecule has 68 heavy (non-hydrogen) atoms. The zero-order valence-corrected chi connectivity index (χ0v) is 38.2. The minimum absolute atomic E-state index is 0.0135. The van der Waals surface area contributed by atoms with E-state index in [9.17, 15) is 44.2 Å². The SMILES string of the molecule is CC(C)C[C@H](NC(=O)[C@H](Cc1cn(-c2ccc([N+](=O)[O-])cc2[N+](=O)[O-])cn1)NC(=O)CNC(=O)OC(C)(C)C)C(=O)N[C@@H](Cc1ccc(OCc2ccccc2)cc1)C(=O)OCc1ccccc1. The number of imidazole rings is 1. The second-order valence-corrected chi connectivity index (χ2v) is 17.1. The average molecular weight is 935 g/mol. The van der Waals surface area contributed by atoms with Crippen LogP contribution in [0.1, 0.15) is 63.4 Å². The first-order valence-corrected chi connectivity index (χ1v) is 21.6. The molecular formula is C48H54N8O12. The van der Waals surface area contributed by atoms with Crippen LogP contribution in [0.5, 0.6) is 5.75 Å². The van der Waals surface area contributed by atoms with E-state index in [4.69, 9.17) is 14.2 Å². The predicted octanol–water partition coefficient (Wildman–Crippen LogP) is 5.82. The summed E-state index contributed by atoms with van der Waals surface area (Å²) < 4.78 is 18.0. The van der Waals surface area contributed by atoms with Crippen LogP contribution in [0, 0.1) is 26.1 Å². The summed E-state index contributed by atoms with van der Waals surface area (Å²) in [6, 6.07) is 24.8. The standard InChI is InChI=1S/C48H54N8O12/c1-31(2)22-38(44(58)53-40(46(60)67-29-34-14-10-7-11-15-34)23-32-16-19-37(20-17-32)66-28-33-12-8-6-9-13-33)52-45(59)39(51-43(57)26-49-47(61)68-48(3,4)5)24-35-27-54(30-50-35)41-21-18-36(55(62)63)25-42(41)56(64)65/h6-21,25,27,30-31,38-40H,22-24,26,28-29H2,1-5H3,(H,49,61)(H,51,57)(H,52,59)(H,53,58)/t38-,39-,40-/m0/s1. The van der Waals surface area contributed by atoms with Crippen LogP contribution in [-0.2, 0) is 54.7 Å². The lowest BCUT2D eigenvalue weighted by atomic mass is 10.0. The van der Waals surface area contributed by atoms with Gasteiger partial charge in [0.2, 0.25) is 17.7 Å².